The van der Waals surface area contributed by atoms with Crippen LogP contribution < -0.4 is 27.7 Å². The second kappa shape index (κ2) is 8.14. The third kappa shape index (κ3) is 5.26. The summed E-state index contributed by atoms with van der Waals surface area (Å²) in [6, 6.07) is 9.17. The van der Waals surface area contributed by atoms with Gasteiger partial charge in [0.05, 0.1) is 5.56 Å². The van der Waals surface area contributed by atoms with Crippen molar-refractivity contribution in [1.82, 2.24) is 10.6 Å². The van der Waals surface area contributed by atoms with E-state index in [0.29, 0.717) is 35.9 Å². The number of para-hydroxylation sites is 1. The molecule has 0 aliphatic rings. The molecule has 0 atom stereocenters. The fourth-order valence-electron chi connectivity index (χ4n) is 1.96. The Morgan fingerprint density at radius 2 is 2.04 bits per heavy atom. The zero-order chi connectivity index (χ0) is 16.7. The van der Waals surface area contributed by atoms with Crippen molar-refractivity contribution in [3.05, 3.63) is 46.3 Å². The highest BCUT2D eigenvalue weighted by molar-refractivity contribution is 7.80. The van der Waals surface area contributed by atoms with Crippen molar-refractivity contribution in [2.45, 2.75) is 13.0 Å². The molecule has 0 fully saturated rings. The van der Waals surface area contributed by atoms with Gasteiger partial charge in [-0.2, -0.15) is 0 Å². The highest BCUT2D eigenvalue weighted by Crippen LogP contribution is 2.12. The molecule has 7 nitrogen and oxygen atoms in total. The first-order chi connectivity index (χ1) is 11.1. The van der Waals surface area contributed by atoms with E-state index in [0.717, 1.165) is 11.8 Å². The molecule has 122 valence electrons. The van der Waals surface area contributed by atoms with E-state index in [-0.39, 0.29) is 11.6 Å². The van der Waals surface area contributed by atoms with Gasteiger partial charge in [0, 0.05) is 25.0 Å². The molecule has 0 amide bonds. The summed E-state index contributed by atoms with van der Waals surface area (Å²) in [5.41, 5.74) is 11.2. The van der Waals surface area contributed by atoms with E-state index in [1.54, 1.807) is 12.1 Å². The lowest BCUT2D eigenvalue weighted by Gasteiger charge is -2.09. The molecule has 1 aromatic heterocycles. The van der Waals surface area contributed by atoms with Gasteiger partial charge in [-0.25, -0.2) is 4.79 Å². The van der Waals surface area contributed by atoms with Gasteiger partial charge < -0.3 is 26.5 Å². The first-order valence-corrected chi connectivity index (χ1v) is 7.56. The van der Waals surface area contributed by atoms with Gasteiger partial charge in [-0.1, -0.05) is 18.2 Å². The first-order valence-electron chi connectivity index (χ1n) is 7.15. The fourth-order valence-corrected chi connectivity index (χ4v) is 2.13. The predicted octanol–water partition coefficient (Wildman–Crippen LogP) is 0.421. The lowest BCUT2D eigenvalue weighted by molar-refractivity contribution is 0.548. The van der Waals surface area contributed by atoms with Crippen molar-refractivity contribution < 1.29 is 4.42 Å². The van der Waals surface area contributed by atoms with E-state index in [4.69, 9.17) is 28.1 Å². The number of hydrogen-bond donors (Lipinski definition) is 4. The van der Waals surface area contributed by atoms with Crippen molar-refractivity contribution in [3.63, 3.8) is 0 Å². The number of benzene rings is 1. The molecule has 2 rings (SSSR count). The molecular formula is C15H19N5O2S. The number of aliphatic imine (C=N–C) groups is 1. The molecule has 1 heterocycles. The normalized spacial score (nSPS) is 10.3. The Kier molecular flexibility index (Phi) is 5.93. The van der Waals surface area contributed by atoms with E-state index < -0.39 is 0 Å². The topological polar surface area (TPSA) is 119 Å². The van der Waals surface area contributed by atoms with Crippen LogP contribution in [0.4, 0.5) is 0 Å². The molecule has 23 heavy (non-hydrogen) atoms. The van der Waals surface area contributed by atoms with Gasteiger partial charge >= 0.3 is 5.63 Å². The second-order valence-corrected chi connectivity index (χ2v) is 5.27. The number of guanidine groups is 1. The summed E-state index contributed by atoms with van der Waals surface area (Å²) in [4.78, 5) is 15.8. The van der Waals surface area contributed by atoms with Crippen LogP contribution in [0.25, 0.3) is 11.0 Å². The number of nitrogens with one attached hydrogen (secondary N) is 2. The average molecular weight is 333 g/mol. The molecule has 6 N–H and O–H groups in total. The Morgan fingerprint density at radius 1 is 1.26 bits per heavy atom. The van der Waals surface area contributed by atoms with Gasteiger partial charge in [-0.15, -0.1) is 0 Å². The van der Waals surface area contributed by atoms with Gasteiger partial charge in [-0.05, 0) is 30.8 Å². The molecule has 0 saturated carbocycles. The molecule has 0 aliphatic heterocycles. The number of hydrogen-bond acceptors (Lipinski definition) is 4. The number of nitrogens with two attached hydrogens (primary N) is 2. The van der Waals surface area contributed by atoms with Crippen LogP contribution in [-0.4, -0.2) is 24.2 Å². The van der Waals surface area contributed by atoms with E-state index in [1.807, 2.05) is 18.2 Å². The minimum Gasteiger partial charge on any atom is -0.422 e. The second-order valence-electron chi connectivity index (χ2n) is 4.87. The number of nitrogens with zero attached hydrogens (tertiary/aromatic N) is 1. The third-order valence-corrected chi connectivity index (χ3v) is 3.36. The summed E-state index contributed by atoms with van der Waals surface area (Å²) in [6.07, 6.45) is 0.748. The predicted molar refractivity (Wildman–Crippen MR) is 95.2 cm³/mol. The summed E-state index contributed by atoms with van der Waals surface area (Å²) >= 11 is 5.15. The zero-order valence-electron chi connectivity index (χ0n) is 12.5. The van der Waals surface area contributed by atoms with Crippen LogP contribution in [0.2, 0.25) is 0 Å². The van der Waals surface area contributed by atoms with E-state index >= 15 is 0 Å². The molecule has 0 radical (unpaired) electrons. The van der Waals surface area contributed by atoms with Crippen molar-refractivity contribution >= 4 is 34.3 Å². The van der Waals surface area contributed by atoms with Crippen molar-refractivity contribution in [2.24, 2.45) is 16.5 Å². The van der Waals surface area contributed by atoms with Crippen molar-refractivity contribution in [1.29, 1.82) is 0 Å². The maximum Gasteiger partial charge on any atom is 0.341 e. The van der Waals surface area contributed by atoms with E-state index in [9.17, 15) is 4.79 Å². The Bertz CT molecular complexity index is 768. The van der Waals surface area contributed by atoms with Crippen LogP contribution in [-0.2, 0) is 6.54 Å². The highest BCUT2D eigenvalue weighted by atomic mass is 32.1. The smallest absolute Gasteiger partial charge is 0.341 e. The summed E-state index contributed by atoms with van der Waals surface area (Å²) in [5.74, 6) is 0.0775. The molecule has 0 saturated heterocycles. The third-order valence-electron chi connectivity index (χ3n) is 3.07. The summed E-state index contributed by atoms with van der Waals surface area (Å²) in [6.45, 7) is 1.47. The lowest BCUT2D eigenvalue weighted by Crippen LogP contribution is -2.36. The van der Waals surface area contributed by atoms with Crippen LogP contribution in [0.3, 0.4) is 0 Å². The Hall–Kier alpha value is -2.61. The Labute approximate surface area is 138 Å². The molecule has 0 spiro atoms. The van der Waals surface area contributed by atoms with Gasteiger partial charge in [0.2, 0.25) is 0 Å². The molecule has 1 aromatic carbocycles. The van der Waals surface area contributed by atoms with Gasteiger partial charge in [-0.3, -0.25) is 4.99 Å². The summed E-state index contributed by atoms with van der Waals surface area (Å²) in [7, 11) is 0. The maximum absolute atomic E-state index is 11.9. The molecule has 0 aliphatic carbocycles. The minimum atomic E-state index is -0.369. The molecule has 0 bridgehead atoms. The first kappa shape index (κ1) is 16.8. The van der Waals surface area contributed by atoms with Crippen LogP contribution in [0.5, 0.6) is 0 Å². The number of fused-ring (bicyclic) bond motifs is 1. The number of thiocarbonyl (C=S) groups is 1. The van der Waals surface area contributed by atoms with Crippen LogP contribution in [0.1, 0.15) is 12.0 Å². The highest BCUT2D eigenvalue weighted by Gasteiger charge is 2.05. The summed E-state index contributed by atoms with van der Waals surface area (Å²) < 4.78 is 5.26. The largest absolute Gasteiger partial charge is 0.422 e. The van der Waals surface area contributed by atoms with Crippen LogP contribution >= 0.6 is 12.2 Å². The molecule has 8 heteroatoms. The lowest BCUT2D eigenvalue weighted by atomic mass is 10.2. The molecule has 0 unspecified atom stereocenters. The summed E-state index contributed by atoms with van der Waals surface area (Å²) in [5, 5.41) is 7.33. The maximum atomic E-state index is 11.9. The fraction of sp³-hybridized carbons (Fsp3) is 0.267. The Balaban J connectivity index is 1.83. The van der Waals surface area contributed by atoms with E-state index in [1.165, 1.54) is 0 Å². The van der Waals surface area contributed by atoms with Gasteiger partial charge in [0.15, 0.2) is 11.1 Å². The molecular weight excluding hydrogens is 314 g/mol. The average Bonchev–Trinajstić information content (AvgIpc) is 2.52. The van der Waals surface area contributed by atoms with Crippen LogP contribution in [0, 0.1) is 0 Å². The minimum absolute atomic E-state index is 0.0775. The standard InChI is InChI=1S/C15H19N5O2S/c16-14(17)18-6-3-7-19-15(23)20-9-11-8-10-4-1-2-5-12(10)22-13(11)21/h1-2,4-5,8H,3,6-7,9H2,(H4,16,17,18)(H2,19,20,23). The Morgan fingerprint density at radius 3 is 2.83 bits per heavy atom. The van der Waals surface area contributed by atoms with Gasteiger partial charge in [0.1, 0.15) is 5.58 Å². The number of rotatable bonds is 6. The van der Waals surface area contributed by atoms with Crippen LogP contribution in [0.15, 0.2) is 44.5 Å². The SMILES string of the molecule is NC(N)=NCCCNC(=S)NCc1cc2ccccc2oc1=O. The van der Waals surface area contributed by atoms with Crippen molar-refractivity contribution in [2.75, 3.05) is 13.1 Å². The van der Waals surface area contributed by atoms with Crippen molar-refractivity contribution in [3.8, 4) is 0 Å². The monoisotopic (exact) mass is 333 g/mol. The van der Waals surface area contributed by atoms with Gasteiger partial charge in [0.25, 0.3) is 0 Å². The zero-order valence-corrected chi connectivity index (χ0v) is 13.4. The van der Waals surface area contributed by atoms with E-state index in [2.05, 4.69) is 15.6 Å². The molecule has 2 aromatic rings. The quantitative estimate of drug-likeness (QED) is 0.199.